The summed E-state index contributed by atoms with van der Waals surface area (Å²) in [5.41, 5.74) is 0.751. The van der Waals surface area contributed by atoms with Crippen molar-refractivity contribution in [1.82, 2.24) is 9.78 Å². The van der Waals surface area contributed by atoms with Crippen LogP contribution in [0.2, 0.25) is 10.0 Å². The molecule has 1 atom stereocenters. The summed E-state index contributed by atoms with van der Waals surface area (Å²) >= 11 is 12.2. The van der Waals surface area contributed by atoms with Gasteiger partial charge in [-0.05, 0) is 36.2 Å². The minimum Gasteiger partial charge on any atom is -0.445 e. The summed E-state index contributed by atoms with van der Waals surface area (Å²) in [7, 11) is 0. The first-order chi connectivity index (χ1) is 13.9. The molecule has 2 heterocycles. The van der Waals surface area contributed by atoms with Crippen LogP contribution in [-0.4, -0.2) is 27.3 Å². The number of esters is 1. The second-order valence-electron chi connectivity index (χ2n) is 7.02. The van der Waals surface area contributed by atoms with E-state index in [0.29, 0.717) is 28.0 Å². The van der Waals surface area contributed by atoms with Gasteiger partial charge in [0.15, 0.2) is 5.60 Å². The predicted molar refractivity (Wildman–Crippen MR) is 110 cm³/mol. The topological polar surface area (TPSA) is 73.2 Å². The van der Waals surface area contributed by atoms with Gasteiger partial charge in [0.1, 0.15) is 5.82 Å². The molecule has 0 saturated heterocycles. The summed E-state index contributed by atoms with van der Waals surface area (Å²) < 4.78 is 7.09. The summed E-state index contributed by atoms with van der Waals surface area (Å²) in [5.74, 6) is -0.465. The van der Waals surface area contributed by atoms with Crippen LogP contribution in [0.15, 0.2) is 54.7 Å². The van der Waals surface area contributed by atoms with Gasteiger partial charge in [0.05, 0.1) is 18.3 Å². The maximum absolute atomic E-state index is 13.0. The maximum atomic E-state index is 13.0. The molecule has 8 heteroatoms. The minimum atomic E-state index is -1.32. The van der Waals surface area contributed by atoms with Crippen molar-refractivity contribution in [1.29, 1.82) is 0 Å². The fourth-order valence-corrected chi connectivity index (χ4v) is 3.75. The van der Waals surface area contributed by atoms with Crippen LogP contribution in [0.5, 0.6) is 0 Å². The number of carbonyl (C=O) groups is 2. The highest BCUT2D eigenvalue weighted by Crippen LogP contribution is 2.29. The standard InChI is InChI=1S/C21H17Cl2N3O3/c1-21(11-13-4-2-3-5-16(13)19(27)29-21)20(28)25-18-8-9-24-26(18)12-14-6-7-15(22)10-17(14)23/h2-10H,11-12H2,1H3,(H,25,28)/t21-/m0/s1. The monoisotopic (exact) mass is 429 g/mol. The molecule has 1 N–H and O–H groups in total. The Morgan fingerprint density at radius 2 is 2.03 bits per heavy atom. The first-order valence-electron chi connectivity index (χ1n) is 8.94. The lowest BCUT2D eigenvalue weighted by molar-refractivity contribution is -0.134. The molecule has 1 aromatic heterocycles. The second kappa shape index (κ2) is 7.54. The molecule has 1 amide bonds. The number of hydrogen-bond acceptors (Lipinski definition) is 4. The number of amides is 1. The number of aromatic nitrogens is 2. The van der Waals surface area contributed by atoms with Crippen molar-refractivity contribution >= 4 is 40.9 Å². The van der Waals surface area contributed by atoms with Crippen LogP contribution in [0, 0.1) is 0 Å². The number of nitrogens with zero attached hydrogens (tertiary/aromatic N) is 2. The molecule has 3 aromatic rings. The number of rotatable bonds is 4. The largest absolute Gasteiger partial charge is 0.445 e. The van der Waals surface area contributed by atoms with Gasteiger partial charge in [0.25, 0.3) is 5.91 Å². The van der Waals surface area contributed by atoms with Crippen molar-refractivity contribution in [2.75, 3.05) is 5.32 Å². The molecule has 1 aliphatic heterocycles. The van der Waals surface area contributed by atoms with Gasteiger partial charge < -0.3 is 10.1 Å². The van der Waals surface area contributed by atoms with Crippen LogP contribution in [0.1, 0.15) is 28.4 Å². The number of benzene rings is 2. The summed E-state index contributed by atoms with van der Waals surface area (Å²) in [6.45, 7) is 1.95. The molecule has 0 aliphatic carbocycles. The summed E-state index contributed by atoms with van der Waals surface area (Å²) in [6.07, 6.45) is 1.86. The van der Waals surface area contributed by atoms with Gasteiger partial charge in [0, 0.05) is 22.5 Å². The molecule has 2 aromatic carbocycles. The lowest BCUT2D eigenvalue weighted by atomic mass is 9.89. The average Bonchev–Trinajstić information content (AvgIpc) is 3.10. The number of carbonyl (C=O) groups excluding carboxylic acids is 2. The number of fused-ring (bicyclic) bond motifs is 1. The lowest BCUT2D eigenvalue weighted by Gasteiger charge is -2.33. The molecule has 0 fully saturated rings. The van der Waals surface area contributed by atoms with E-state index in [2.05, 4.69) is 10.4 Å². The highest BCUT2D eigenvalue weighted by molar-refractivity contribution is 6.35. The van der Waals surface area contributed by atoms with E-state index in [1.54, 1.807) is 54.2 Å². The van der Waals surface area contributed by atoms with E-state index >= 15 is 0 Å². The van der Waals surface area contributed by atoms with E-state index in [1.807, 2.05) is 12.1 Å². The van der Waals surface area contributed by atoms with Gasteiger partial charge in [-0.1, -0.05) is 47.5 Å². The Morgan fingerprint density at radius 1 is 1.24 bits per heavy atom. The molecule has 1 aliphatic rings. The SMILES string of the molecule is C[C@@]1(C(=O)Nc2ccnn2Cc2ccc(Cl)cc2Cl)Cc2ccccc2C(=O)O1. The van der Waals surface area contributed by atoms with Crippen LogP contribution in [0.25, 0.3) is 0 Å². The third-order valence-corrected chi connectivity index (χ3v) is 5.44. The van der Waals surface area contributed by atoms with E-state index < -0.39 is 17.5 Å². The fourth-order valence-electron chi connectivity index (χ4n) is 3.28. The van der Waals surface area contributed by atoms with E-state index in [4.69, 9.17) is 27.9 Å². The Balaban J connectivity index is 1.54. The van der Waals surface area contributed by atoms with Gasteiger partial charge >= 0.3 is 5.97 Å². The molecular formula is C21H17Cl2N3O3. The third kappa shape index (κ3) is 3.86. The van der Waals surface area contributed by atoms with Gasteiger partial charge in [-0.3, -0.25) is 4.79 Å². The Morgan fingerprint density at radius 3 is 2.83 bits per heavy atom. The number of halogens is 2. The Bertz CT molecular complexity index is 1110. The zero-order valence-corrected chi connectivity index (χ0v) is 17.0. The molecule has 0 radical (unpaired) electrons. The highest BCUT2D eigenvalue weighted by Gasteiger charge is 2.42. The van der Waals surface area contributed by atoms with Crippen LogP contribution in [0.4, 0.5) is 5.82 Å². The quantitative estimate of drug-likeness (QED) is 0.625. The number of nitrogens with one attached hydrogen (secondary N) is 1. The highest BCUT2D eigenvalue weighted by atomic mass is 35.5. The number of anilines is 1. The van der Waals surface area contributed by atoms with E-state index in [1.165, 1.54) is 0 Å². The molecule has 0 bridgehead atoms. The predicted octanol–water partition coefficient (Wildman–Crippen LogP) is 4.35. The Kier molecular flexibility index (Phi) is 5.06. The van der Waals surface area contributed by atoms with Crippen LogP contribution in [0.3, 0.4) is 0 Å². The first-order valence-corrected chi connectivity index (χ1v) is 9.70. The first kappa shape index (κ1) is 19.5. The number of ether oxygens (including phenoxy) is 1. The zero-order valence-electron chi connectivity index (χ0n) is 15.5. The van der Waals surface area contributed by atoms with Gasteiger partial charge in [-0.15, -0.1) is 0 Å². The number of hydrogen-bond donors (Lipinski definition) is 1. The van der Waals surface area contributed by atoms with Crippen molar-refractivity contribution in [3.63, 3.8) is 0 Å². The van der Waals surface area contributed by atoms with Gasteiger partial charge in [0.2, 0.25) is 0 Å². The molecule has 6 nitrogen and oxygen atoms in total. The van der Waals surface area contributed by atoms with Crippen LogP contribution >= 0.6 is 23.2 Å². The van der Waals surface area contributed by atoms with Crippen molar-refractivity contribution < 1.29 is 14.3 Å². The van der Waals surface area contributed by atoms with Crippen molar-refractivity contribution in [2.45, 2.75) is 25.5 Å². The second-order valence-corrected chi connectivity index (χ2v) is 7.86. The van der Waals surface area contributed by atoms with Crippen LogP contribution in [-0.2, 0) is 22.5 Å². The van der Waals surface area contributed by atoms with E-state index in [9.17, 15) is 9.59 Å². The smallest absolute Gasteiger partial charge is 0.339 e. The lowest BCUT2D eigenvalue weighted by Crippen LogP contribution is -2.49. The van der Waals surface area contributed by atoms with Gasteiger partial charge in [-0.2, -0.15) is 5.10 Å². The third-order valence-electron chi connectivity index (χ3n) is 4.86. The molecular weight excluding hydrogens is 413 g/mol. The molecule has 0 spiro atoms. The molecule has 4 rings (SSSR count). The molecule has 148 valence electrons. The maximum Gasteiger partial charge on any atom is 0.339 e. The Labute approximate surface area is 177 Å². The average molecular weight is 430 g/mol. The Hall–Kier alpha value is -2.83. The van der Waals surface area contributed by atoms with Crippen molar-refractivity contribution in [3.8, 4) is 0 Å². The normalized spacial score (nSPS) is 18.1. The zero-order chi connectivity index (χ0) is 20.6. The minimum absolute atomic E-state index is 0.290. The summed E-state index contributed by atoms with van der Waals surface area (Å²) in [5, 5.41) is 8.12. The fraction of sp³-hybridized carbons (Fsp3) is 0.190. The molecule has 0 unspecified atom stereocenters. The summed E-state index contributed by atoms with van der Waals surface area (Å²) in [6, 6.07) is 14.0. The summed E-state index contributed by atoms with van der Waals surface area (Å²) in [4.78, 5) is 25.3. The van der Waals surface area contributed by atoms with Crippen LogP contribution < -0.4 is 5.32 Å². The van der Waals surface area contributed by atoms with Crippen molar-refractivity contribution in [2.24, 2.45) is 0 Å². The molecule has 0 saturated carbocycles. The number of cyclic esters (lactones) is 1. The van der Waals surface area contributed by atoms with E-state index in [-0.39, 0.29) is 6.42 Å². The van der Waals surface area contributed by atoms with Gasteiger partial charge in [-0.25, -0.2) is 9.48 Å². The molecule has 29 heavy (non-hydrogen) atoms. The van der Waals surface area contributed by atoms with E-state index in [0.717, 1.165) is 11.1 Å². The van der Waals surface area contributed by atoms with Crippen molar-refractivity contribution in [3.05, 3.63) is 81.5 Å².